The monoisotopic (exact) mass is 363 g/mol. The molecule has 0 saturated carbocycles. The number of carbonyl (C=O) groups excluding carboxylic acids is 1. The largest absolute Gasteiger partial charge is 0.491 e. The predicted octanol–water partition coefficient (Wildman–Crippen LogP) is 4.57. The number of furan rings is 1. The summed E-state index contributed by atoms with van der Waals surface area (Å²) in [6.07, 6.45) is 4.78. The maximum Gasteiger partial charge on any atom is 0.246 e. The lowest BCUT2D eigenvalue weighted by Crippen LogP contribution is -2.27. The van der Waals surface area contributed by atoms with Gasteiger partial charge in [0.05, 0.1) is 31.0 Å². The highest BCUT2D eigenvalue weighted by atomic mass is 35.5. The molecular weight excluding hydrogens is 342 g/mol. The Morgan fingerprint density at radius 1 is 1.44 bits per heavy atom. The van der Waals surface area contributed by atoms with Gasteiger partial charge in [-0.15, -0.1) is 0 Å². The molecule has 0 fully saturated rings. The van der Waals surface area contributed by atoms with E-state index in [0.717, 1.165) is 11.3 Å². The van der Waals surface area contributed by atoms with Crippen LogP contribution in [0, 0.1) is 0 Å². The van der Waals surface area contributed by atoms with Crippen LogP contribution in [0.2, 0.25) is 5.02 Å². The fourth-order valence-electron chi connectivity index (χ4n) is 2.34. The summed E-state index contributed by atoms with van der Waals surface area (Å²) in [6, 6.07) is 6.99. The van der Waals surface area contributed by atoms with Gasteiger partial charge in [0.25, 0.3) is 0 Å². The van der Waals surface area contributed by atoms with E-state index in [-0.39, 0.29) is 11.9 Å². The van der Waals surface area contributed by atoms with E-state index < -0.39 is 0 Å². The van der Waals surface area contributed by atoms with Gasteiger partial charge in [-0.25, -0.2) is 0 Å². The van der Waals surface area contributed by atoms with Gasteiger partial charge in [0.15, 0.2) is 11.5 Å². The Labute approximate surface area is 152 Å². The van der Waals surface area contributed by atoms with Crippen molar-refractivity contribution in [3.8, 4) is 11.5 Å². The Bertz CT molecular complexity index is 740. The normalized spacial score (nSPS) is 12.2. The molecule has 0 spiro atoms. The zero-order valence-corrected chi connectivity index (χ0v) is 15.5. The maximum absolute atomic E-state index is 12.4. The van der Waals surface area contributed by atoms with Crippen LogP contribution in [0.3, 0.4) is 0 Å². The number of likely N-dealkylation sites (N-methyl/N-ethyl adjacent to an activating group) is 1. The van der Waals surface area contributed by atoms with Gasteiger partial charge in [0.1, 0.15) is 5.76 Å². The van der Waals surface area contributed by atoms with E-state index in [0.29, 0.717) is 23.1 Å². The number of hydrogen-bond donors (Lipinski definition) is 0. The van der Waals surface area contributed by atoms with E-state index in [1.54, 1.807) is 42.5 Å². The Morgan fingerprint density at radius 3 is 2.80 bits per heavy atom. The van der Waals surface area contributed by atoms with Gasteiger partial charge in [0, 0.05) is 13.1 Å². The molecule has 1 atom stereocenters. The highest BCUT2D eigenvalue weighted by molar-refractivity contribution is 6.32. The van der Waals surface area contributed by atoms with Gasteiger partial charge < -0.3 is 18.8 Å². The van der Waals surface area contributed by atoms with Crippen LogP contribution in [0.25, 0.3) is 6.08 Å². The van der Waals surface area contributed by atoms with Crippen molar-refractivity contribution in [2.24, 2.45) is 0 Å². The second-order valence-corrected chi connectivity index (χ2v) is 5.85. The average molecular weight is 364 g/mol. The summed E-state index contributed by atoms with van der Waals surface area (Å²) in [5.74, 6) is 1.61. The van der Waals surface area contributed by atoms with Crippen LogP contribution in [-0.4, -0.2) is 31.6 Å². The predicted molar refractivity (Wildman–Crippen MR) is 98.1 cm³/mol. The quantitative estimate of drug-likeness (QED) is 0.676. The van der Waals surface area contributed by atoms with E-state index in [4.69, 9.17) is 25.5 Å². The summed E-state index contributed by atoms with van der Waals surface area (Å²) in [4.78, 5) is 14.0. The van der Waals surface area contributed by atoms with E-state index in [9.17, 15) is 4.79 Å². The Hall–Kier alpha value is -2.40. The summed E-state index contributed by atoms with van der Waals surface area (Å²) >= 11 is 6.22. The summed E-state index contributed by atoms with van der Waals surface area (Å²) < 4.78 is 16.1. The lowest BCUT2D eigenvalue weighted by molar-refractivity contribution is -0.126. The van der Waals surface area contributed by atoms with Crippen LogP contribution in [0.5, 0.6) is 11.5 Å². The molecule has 1 unspecified atom stereocenters. The zero-order valence-electron chi connectivity index (χ0n) is 14.8. The van der Waals surface area contributed by atoms with Gasteiger partial charge in [-0.1, -0.05) is 11.6 Å². The number of rotatable bonds is 7. The van der Waals surface area contributed by atoms with E-state index in [1.807, 2.05) is 19.9 Å². The van der Waals surface area contributed by atoms with Gasteiger partial charge in [0.2, 0.25) is 5.91 Å². The smallest absolute Gasteiger partial charge is 0.246 e. The topological polar surface area (TPSA) is 51.9 Å². The molecule has 0 aliphatic heterocycles. The lowest BCUT2D eigenvalue weighted by Gasteiger charge is -2.21. The third-order valence-corrected chi connectivity index (χ3v) is 4.12. The van der Waals surface area contributed by atoms with Gasteiger partial charge in [-0.05, 0) is 49.8 Å². The maximum atomic E-state index is 12.4. The summed E-state index contributed by atoms with van der Waals surface area (Å²) in [5.41, 5.74) is 0.752. The molecule has 134 valence electrons. The summed E-state index contributed by atoms with van der Waals surface area (Å²) in [5, 5.41) is 0.429. The molecule has 1 heterocycles. The first-order chi connectivity index (χ1) is 12.0. The number of methoxy groups -OCH3 is 1. The highest BCUT2D eigenvalue weighted by Gasteiger charge is 2.17. The molecule has 1 aromatic carbocycles. The molecule has 0 aliphatic rings. The Balaban J connectivity index is 2.16. The van der Waals surface area contributed by atoms with Crippen molar-refractivity contribution in [2.75, 3.05) is 20.8 Å². The van der Waals surface area contributed by atoms with E-state index >= 15 is 0 Å². The number of nitrogens with zero attached hydrogens (tertiary/aromatic N) is 1. The van der Waals surface area contributed by atoms with Gasteiger partial charge >= 0.3 is 0 Å². The summed E-state index contributed by atoms with van der Waals surface area (Å²) in [7, 11) is 3.26. The SMILES string of the molecule is CCOc1cc(/C=C/C(=O)N(C)C(C)c2ccco2)cc(Cl)c1OC. The second-order valence-electron chi connectivity index (χ2n) is 5.44. The van der Waals surface area contributed by atoms with Crippen molar-refractivity contribution in [3.05, 3.63) is 53.0 Å². The first-order valence-electron chi connectivity index (χ1n) is 7.96. The molecular formula is C19H22ClNO4. The molecule has 0 N–H and O–H groups in total. The molecule has 2 aromatic rings. The van der Waals surface area contributed by atoms with Crippen molar-refractivity contribution >= 4 is 23.6 Å². The second kappa shape index (κ2) is 8.62. The van der Waals surface area contributed by atoms with E-state index in [2.05, 4.69) is 0 Å². The number of carbonyl (C=O) groups is 1. The van der Waals surface area contributed by atoms with Crippen molar-refractivity contribution in [1.29, 1.82) is 0 Å². The molecule has 6 heteroatoms. The van der Waals surface area contributed by atoms with Crippen LogP contribution in [0.15, 0.2) is 41.0 Å². The average Bonchev–Trinajstić information content (AvgIpc) is 3.13. The van der Waals surface area contributed by atoms with Crippen molar-refractivity contribution in [3.63, 3.8) is 0 Å². The van der Waals surface area contributed by atoms with Crippen LogP contribution >= 0.6 is 11.6 Å². The Morgan fingerprint density at radius 2 is 2.20 bits per heavy atom. The minimum absolute atomic E-state index is 0.145. The molecule has 1 aromatic heterocycles. The third kappa shape index (κ3) is 4.57. The zero-order chi connectivity index (χ0) is 18.4. The fraction of sp³-hybridized carbons (Fsp3) is 0.316. The van der Waals surface area contributed by atoms with Gasteiger partial charge in [-0.2, -0.15) is 0 Å². The number of halogens is 1. The highest BCUT2D eigenvalue weighted by Crippen LogP contribution is 2.36. The van der Waals surface area contributed by atoms with Crippen LogP contribution in [0.4, 0.5) is 0 Å². The van der Waals surface area contributed by atoms with Crippen molar-refractivity contribution < 1.29 is 18.7 Å². The van der Waals surface area contributed by atoms with Crippen LogP contribution in [-0.2, 0) is 4.79 Å². The molecule has 2 rings (SSSR count). The molecule has 0 radical (unpaired) electrons. The number of amides is 1. The molecule has 0 bridgehead atoms. The fourth-order valence-corrected chi connectivity index (χ4v) is 2.64. The number of benzene rings is 1. The molecule has 0 aliphatic carbocycles. The van der Waals surface area contributed by atoms with Crippen molar-refractivity contribution in [1.82, 2.24) is 4.90 Å². The first kappa shape index (κ1) is 18.9. The molecule has 1 amide bonds. The van der Waals surface area contributed by atoms with Gasteiger partial charge in [-0.3, -0.25) is 4.79 Å². The van der Waals surface area contributed by atoms with Crippen LogP contribution in [0.1, 0.15) is 31.2 Å². The Kier molecular flexibility index (Phi) is 6.53. The summed E-state index contributed by atoms with van der Waals surface area (Å²) in [6.45, 7) is 4.27. The molecule has 5 nitrogen and oxygen atoms in total. The van der Waals surface area contributed by atoms with E-state index in [1.165, 1.54) is 13.2 Å². The number of hydrogen-bond acceptors (Lipinski definition) is 4. The minimum atomic E-state index is -0.161. The number of ether oxygens (including phenoxy) is 2. The molecule has 25 heavy (non-hydrogen) atoms. The standard InChI is InChI=1S/C19H22ClNO4/c1-5-24-17-12-14(11-15(20)19(17)23-4)8-9-18(22)21(3)13(2)16-7-6-10-25-16/h6-13H,5H2,1-4H3/b9-8+. The third-order valence-electron chi connectivity index (χ3n) is 3.84. The van der Waals surface area contributed by atoms with Crippen LogP contribution < -0.4 is 9.47 Å². The lowest BCUT2D eigenvalue weighted by atomic mass is 10.1. The van der Waals surface area contributed by atoms with Crippen molar-refractivity contribution in [2.45, 2.75) is 19.9 Å². The first-order valence-corrected chi connectivity index (χ1v) is 8.34. The molecule has 0 saturated heterocycles. The minimum Gasteiger partial charge on any atom is -0.491 e.